The van der Waals surface area contributed by atoms with Crippen molar-refractivity contribution in [3.63, 3.8) is 0 Å². The van der Waals surface area contributed by atoms with Gasteiger partial charge in [-0.2, -0.15) is 0 Å². The van der Waals surface area contributed by atoms with Crippen LogP contribution in [0.15, 0.2) is 18.2 Å². The van der Waals surface area contributed by atoms with Gasteiger partial charge in [-0.1, -0.05) is 11.3 Å². The number of aliphatic hydroxyl groups is 1. The first-order chi connectivity index (χ1) is 14.5. The number of hydrogen-bond acceptors (Lipinski definition) is 5. The molecule has 3 N–H and O–H groups in total. The van der Waals surface area contributed by atoms with Crippen molar-refractivity contribution in [3.05, 3.63) is 46.1 Å². The molecule has 2 aliphatic rings. The van der Waals surface area contributed by atoms with Crippen LogP contribution in [0.2, 0.25) is 0 Å². The summed E-state index contributed by atoms with van der Waals surface area (Å²) in [5.41, 5.74) is 1.53. The molecule has 1 aliphatic carbocycles. The number of amides is 1. The molecule has 3 aromatic rings. The second-order valence-electron chi connectivity index (χ2n) is 8.05. The lowest BCUT2D eigenvalue weighted by atomic mass is 9.93. The minimum atomic E-state index is -0.686. The van der Waals surface area contributed by atoms with Crippen LogP contribution in [0.1, 0.15) is 46.7 Å². The number of aliphatic hydroxyl groups excluding tert-OH is 1. The fourth-order valence-electron chi connectivity index (χ4n) is 4.27. The number of thiazole rings is 1. The quantitative estimate of drug-likeness (QED) is 0.588. The molecule has 158 valence electrons. The Bertz CT molecular complexity index is 1100. The summed E-state index contributed by atoms with van der Waals surface area (Å²) in [4.78, 5) is 23.2. The summed E-state index contributed by atoms with van der Waals surface area (Å²) in [5, 5.41) is 14.2. The third-order valence-corrected chi connectivity index (χ3v) is 6.94. The first kappa shape index (κ1) is 19.4. The first-order valence-corrected chi connectivity index (χ1v) is 11.0. The molecule has 1 fully saturated rings. The zero-order valence-corrected chi connectivity index (χ0v) is 17.1. The number of carbonyl (C=O) groups excluding carboxylic acids is 1. The number of benzene rings is 1. The van der Waals surface area contributed by atoms with Crippen molar-refractivity contribution < 1.29 is 18.7 Å². The molecule has 5 rings (SSSR count). The van der Waals surface area contributed by atoms with E-state index in [1.807, 2.05) is 0 Å². The lowest BCUT2D eigenvalue weighted by Crippen LogP contribution is -2.35. The van der Waals surface area contributed by atoms with Crippen molar-refractivity contribution in [2.45, 2.75) is 50.8 Å². The minimum Gasteiger partial charge on any atom is -0.393 e. The van der Waals surface area contributed by atoms with Gasteiger partial charge in [0.2, 0.25) is 0 Å². The molecule has 1 saturated carbocycles. The summed E-state index contributed by atoms with van der Waals surface area (Å²) >= 11 is 1.56. The summed E-state index contributed by atoms with van der Waals surface area (Å²) in [7, 11) is 0. The average Bonchev–Trinajstić information content (AvgIpc) is 3.32. The van der Waals surface area contributed by atoms with Crippen LogP contribution in [0.4, 0.5) is 13.9 Å². The van der Waals surface area contributed by atoms with E-state index in [2.05, 4.69) is 10.3 Å². The number of fused-ring (bicyclic) bond motifs is 2. The largest absolute Gasteiger partial charge is 0.393 e. The number of halogens is 2. The average molecular weight is 432 g/mol. The van der Waals surface area contributed by atoms with Crippen molar-refractivity contribution in [2.24, 2.45) is 0 Å². The van der Waals surface area contributed by atoms with E-state index in [9.17, 15) is 18.7 Å². The van der Waals surface area contributed by atoms with Crippen LogP contribution in [0, 0.1) is 11.6 Å². The van der Waals surface area contributed by atoms with E-state index < -0.39 is 11.6 Å². The van der Waals surface area contributed by atoms with Crippen LogP contribution in [-0.4, -0.2) is 44.6 Å². The van der Waals surface area contributed by atoms with Gasteiger partial charge in [-0.25, -0.2) is 13.8 Å². The normalized spacial score (nSPS) is 21.6. The van der Waals surface area contributed by atoms with Crippen LogP contribution >= 0.6 is 11.3 Å². The SMILES string of the molecule is O=C(c1cc2c(F)cc(F)cc2[nH]1)N1CCc2nc(NC3CCC(O)CC3)sc2C1. The highest BCUT2D eigenvalue weighted by Gasteiger charge is 2.27. The zero-order chi connectivity index (χ0) is 20.8. The van der Waals surface area contributed by atoms with Crippen LogP contribution < -0.4 is 5.32 Å². The fraction of sp³-hybridized carbons (Fsp3) is 0.429. The number of aromatic amines is 1. The monoisotopic (exact) mass is 432 g/mol. The third kappa shape index (κ3) is 3.67. The Balaban J connectivity index is 1.30. The molecule has 0 unspecified atom stereocenters. The Morgan fingerprint density at radius 3 is 2.83 bits per heavy atom. The van der Waals surface area contributed by atoms with E-state index in [1.165, 1.54) is 12.1 Å². The maximum absolute atomic E-state index is 14.0. The Kier molecular flexibility index (Phi) is 4.94. The molecule has 1 aromatic carbocycles. The smallest absolute Gasteiger partial charge is 0.270 e. The predicted molar refractivity (Wildman–Crippen MR) is 111 cm³/mol. The molecule has 0 radical (unpaired) electrons. The third-order valence-electron chi connectivity index (χ3n) is 5.93. The van der Waals surface area contributed by atoms with Crippen LogP contribution in [0.3, 0.4) is 0 Å². The Morgan fingerprint density at radius 2 is 2.03 bits per heavy atom. The standard InChI is InChI=1S/C21H22F2N4O2S/c22-11-7-15(23)14-9-18(25-17(14)8-11)20(29)27-6-5-16-19(10-27)30-21(26-16)24-12-1-3-13(28)4-2-12/h7-9,12-13,25,28H,1-6,10H2,(H,24,26). The molecule has 6 nitrogen and oxygen atoms in total. The number of anilines is 1. The maximum atomic E-state index is 14.0. The molecule has 9 heteroatoms. The second-order valence-corrected chi connectivity index (χ2v) is 9.13. The highest BCUT2D eigenvalue weighted by Crippen LogP contribution is 2.31. The molecule has 30 heavy (non-hydrogen) atoms. The number of H-pyrrole nitrogens is 1. The highest BCUT2D eigenvalue weighted by atomic mass is 32.1. The van der Waals surface area contributed by atoms with Gasteiger partial charge in [0.25, 0.3) is 5.91 Å². The Morgan fingerprint density at radius 1 is 1.23 bits per heavy atom. The zero-order valence-electron chi connectivity index (χ0n) is 16.3. The molecule has 0 bridgehead atoms. The topological polar surface area (TPSA) is 81.2 Å². The summed E-state index contributed by atoms with van der Waals surface area (Å²) in [6, 6.07) is 3.77. The lowest BCUT2D eigenvalue weighted by Gasteiger charge is -2.25. The van der Waals surface area contributed by atoms with E-state index in [4.69, 9.17) is 4.98 Å². The van der Waals surface area contributed by atoms with Gasteiger partial charge < -0.3 is 20.3 Å². The fourth-order valence-corrected chi connectivity index (χ4v) is 5.37. The van der Waals surface area contributed by atoms with Gasteiger partial charge in [-0.15, -0.1) is 0 Å². The minimum absolute atomic E-state index is 0.193. The summed E-state index contributed by atoms with van der Waals surface area (Å²) in [6.45, 7) is 0.972. The second kappa shape index (κ2) is 7.63. The number of carbonyl (C=O) groups is 1. The van der Waals surface area contributed by atoms with E-state index in [1.54, 1.807) is 16.2 Å². The van der Waals surface area contributed by atoms with Gasteiger partial charge in [0, 0.05) is 35.3 Å². The molecule has 0 spiro atoms. The Hall–Kier alpha value is -2.52. The maximum Gasteiger partial charge on any atom is 0.270 e. The number of rotatable bonds is 3. The molecule has 3 heterocycles. The van der Waals surface area contributed by atoms with E-state index in [0.717, 1.165) is 47.5 Å². The molecular formula is C21H22F2N4O2S. The van der Waals surface area contributed by atoms with Crippen molar-refractivity contribution in [3.8, 4) is 0 Å². The molecular weight excluding hydrogens is 410 g/mol. The van der Waals surface area contributed by atoms with Crippen molar-refractivity contribution >= 4 is 33.3 Å². The van der Waals surface area contributed by atoms with Crippen LogP contribution in [0.25, 0.3) is 10.9 Å². The van der Waals surface area contributed by atoms with Crippen LogP contribution in [-0.2, 0) is 13.0 Å². The molecule has 1 amide bonds. The van der Waals surface area contributed by atoms with Gasteiger partial charge in [0.1, 0.15) is 17.3 Å². The van der Waals surface area contributed by atoms with Gasteiger partial charge in [-0.05, 0) is 37.8 Å². The molecule has 1 aliphatic heterocycles. The van der Waals surface area contributed by atoms with Crippen molar-refractivity contribution in [1.29, 1.82) is 0 Å². The van der Waals surface area contributed by atoms with Gasteiger partial charge in [0.15, 0.2) is 5.13 Å². The Labute approximate surface area is 175 Å². The molecule has 0 saturated heterocycles. The van der Waals surface area contributed by atoms with Crippen molar-refractivity contribution in [2.75, 3.05) is 11.9 Å². The van der Waals surface area contributed by atoms with E-state index in [0.29, 0.717) is 25.6 Å². The summed E-state index contributed by atoms with van der Waals surface area (Å²) in [6.07, 6.45) is 3.93. The van der Waals surface area contributed by atoms with Crippen molar-refractivity contribution in [1.82, 2.24) is 14.9 Å². The molecule has 2 aromatic heterocycles. The number of nitrogens with one attached hydrogen (secondary N) is 2. The van der Waals surface area contributed by atoms with E-state index in [-0.39, 0.29) is 28.6 Å². The predicted octanol–water partition coefficient (Wildman–Crippen LogP) is 3.82. The number of nitrogens with zero attached hydrogens (tertiary/aromatic N) is 2. The lowest BCUT2D eigenvalue weighted by molar-refractivity contribution is 0.0731. The summed E-state index contributed by atoms with van der Waals surface area (Å²) < 4.78 is 27.4. The molecule has 0 atom stereocenters. The van der Waals surface area contributed by atoms with Crippen LogP contribution in [0.5, 0.6) is 0 Å². The summed E-state index contributed by atoms with van der Waals surface area (Å²) in [5.74, 6) is -1.60. The van der Waals surface area contributed by atoms with E-state index >= 15 is 0 Å². The number of aromatic nitrogens is 2. The van der Waals surface area contributed by atoms with Gasteiger partial charge >= 0.3 is 0 Å². The van der Waals surface area contributed by atoms with Gasteiger partial charge in [-0.3, -0.25) is 4.79 Å². The highest BCUT2D eigenvalue weighted by molar-refractivity contribution is 7.15. The van der Waals surface area contributed by atoms with Gasteiger partial charge in [0.05, 0.1) is 23.9 Å². The number of hydrogen-bond donors (Lipinski definition) is 3. The first-order valence-electron chi connectivity index (χ1n) is 10.2.